The first kappa shape index (κ1) is 20.3. The Morgan fingerprint density at radius 1 is 1.15 bits per heavy atom. The van der Waals surface area contributed by atoms with Crippen molar-refractivity contribution in [2.45, 2.75) is 52.1 Å². The van der Waals surface area contributed by atoms with Crippen LogP contribution in [0.2, 0.25) is 0 Å². The molecular weight excluding hydrogens is 336 g/mol. The van der Waals surface area contributed by atoms with Gasteiger partial charge in [-0.1, -0.05) is 61.1 Å². The highest BCUT2D eigenvalue weighted by atomic mass is 16.5. The van der Waals surface area contributed by atoms with Crippen LogP contribution < -0.4 is 0 Å². The molecule has 1 aromatic carbocycles. The number of allylic oxidation sites excluding steroid dienone is 1. The molecule has 1 fully saturated rings. The number of benzene rings is 1. The van der Waals surface area contributed by atoms with Crippen LogP contribution in [0, 0.1) is 16.7 Å². The Balaban J connectivity index is 1.72. The molecule has 0 spiro atoms. The highest BCUT2D eigenvalue weighted by molar-refractivity contribution is 5.34. The van der Waals surface area contributed by atoms with Crippen LogP contribution in [0.3, 0.4) is 0 Å². The summed E-state index contributed by atoms with van der Waals surface area (Å²) in [5, 5.41) is 21.0. The molecule has 0 saturated heterocycles. The minimum absolute atomic E-state index is 0.0291. The summed E-state index contributed by atoms with van der Waals surface area (Å²) < 4.78 is 5.89. The maximum Gasteiger partial charge on any atom is 0.0716 e. The van der Waals surface area contributed by atoms with Crippen molar-refractivity contribution < 1.29 is 14.9 Å². The van der Waals surface area contributed by atoms with Gasteiger partial charge in [-0.15, -0.1) is 0 Å². The van der Waals surface area contributed by atoms with E-state index in [9.17, 15) is 10.2 Å². The third-order valence-corrected chi connectivity index (χ3v) is 7.09. The fraction of sp³-hybridized carbons (Fsp3) is 0.583. The van der Waals surface area contributed by atoms with E-state index >= 15 is 0 Å². The van der Waals surface area contributed by atoms with E-state index in [0.29, 0.717) is 19.1 Å². The van der Waals surface area contributed by atoms with E-state index in [1.807, 2.05) is 18.2 Å². The molecule has 0 heterocycles. The first-order chi connectivity index (χ1) is 13.1. The Bertz CT molecular complexity index is 665. The van der Waals surface area contributed by atoms with Crippen molar-refractivity contribution in [3.63, 3.8) is 0 Å². The van der Waals surface area contributed by atoms with E-state index < -0.39 is 10.8 Å². The van der Waals surface area contributed by atoms with Crippen molar-refractivity contribution in [2.75, 3.05) is 19.8 Å². The smallest absolute Gasteiger partial charge is 0.0716 e. The van der Waals surface area contributed by atoms with E-state index in [1.54, 1.807) is 0 Å². The number of hydrogen-bond donors (Lipinski definition) is 2. The quantitative estimate of drug-likeness (QED) is 0.517. The second-order valence-electron chi connectivity index (χ2n) is 8.45. The number of aliphatic hydroxyl groups is 2. The molecular formula is C24H34O3. The molecule has 2 aliphatic rings. The minimum Gasteiger partial charge on any atom is -0.395 e. The average molecular weight is 371 g/mol. The SMILES string of the molecule is C=C1CC[C@H]2CCC=C2[C@](CO)(CCCOCc2ccccc2)[C@]1(C)CO. The second kappa shape index (κ2) is 8.72. The number of hydrogen-bond acceptors (Lipinski definition) is 3. The molecule has 148 valence electrons. The third kappa shape index (κ3) is 3.78. The van der Waals surface area contributed by atoms with Crippen molar-refractivity contribution in [3.8, 4) is 0 Å². The molecule has 0 aromatic heterocycles. The Hall–Kier alpha value is -1.42. The lowest BCUT2D eigenvalue weighted by molar-refractivity contribution is -0.00888. The van der Waals surface area contributed by atoms with Crippen molar-refractivity contribution in [1.82, 2.24) is 0 Å². The van der Waals surface area contributed by atoms with Gasteiger partial charge in [-0.2, -0.15) is 0 Å². The second-order valence-corrected chi connectivity index (χ2v) is 8.45. The maximum absolute atomic E-state index is 10.6. The molecule has 0 amide bonds. The number of fused-ring (bicyclic) bond motifs is 1. The lowest BCUT2D eigenvalue weighted by atomic mass is 9.56. The van der Waals surface area contributed by atoms with Gasteiger partial charge < -0.3 is 14.9 Å². The molecule has 2 N–H and O–H groups in total. The Labute approximate surface area is 163 Å². The highest BCUT2D eigenvalue weighted by Gasteiger charge is 2.54. The van der Waals surface area contributed by atoms with Crippen LogP contribution in [-0.2, 0) is 11.3 Å². The van der Waals surface area contributed by atoms with Crippen LogP contribution in [0.1, 0.15) is 51.0 Å². The summed E-state index contributed by atoms with van der Waals surface area (Å²) in [4.78, 5) is 0. The van der Waals surface area contributed by atoms with Crippen LogP contribution in [0.25, 0.3) is 0 Å². The molecule has 3 heteroatoms. The van der Waals surface area contributed by atoms with Crippen LogP contribution in [-0.4, -0.2) is 30.0 Å². The van der Waals surface area contributed by atoms with Gasteiger partial charge in [0.1, 0.15) is 0 Å². The Kier molecular flexibility index (Phi) is 6.56. The van der Waals surface area contributed by atoms with E-state index in [1.165, 1.54) is 11.1 Å². The van der Waals surface area contributed by atoms with Crippen LogP contribution >= 0.6 is 0 Å². The van der Waals surface area contributed by atoms with Gasteiger partial charge >= 0.3 is 0 Å². The number of ether oxygens (including phenoxy) is 1. The molecule has 3 rings (SSSR count). The zero-order valence-corrected chi connectivity index (χ0v) is 16.6. The zero-order valence-electron chi connectivity index (χ0n) is 16.6. The lowest BCUT2D eigenvalue weighted by Gasteiger charge is -2.49. The molecule has 1 saturated carbocycles. The molecule has 0 radical (unpaired) electrons. The summed E-state index contributed by atoms with van der Waals surface area (Å²) in [7, 11) is 0. The van der Waals surface area contributed by atoms with E-state index in [4.69, 9.17) is 4.74 Å². The molecule has 0 unspecified atom stereocenters. The normalized spacial score (nSPS) is 30.7. The molecule has 1 aromatic rings. The van der Waals surface area contributed by atoms with Gasteiger partial charge in [0.15, 0.2) is 0 Å². The van der Waals surface area contributed by atoms with Gasteiger partial charge in [0.05, 0.1) is 19.8 Å². The largest absolute Gasteiger partial charge is 0.395 e. The van der Waals surface area contributed by atoms with E-state index in [0.717, 1.165) is 44.1 Å². The summed E-state index contributed by atoms with van der Waals surface area (Å²) in [5.41, 5.74) is 2.72. The van der Waals surface area contributed by atoms with Gasteiger partial charge in [0.2, 0.25) is 0 Å². The first-order valence-electron chi connectivity index (χ1n) is 10.3. The summed E-state index contributed by atoms with van der Waals surface area (Å²) in [6.07, 6.45) is 8.28. The van der Waals surface area contributed by atoms with Gasteiger partial charge in [-0.05, 0) is 50.0 Å². The van der Waals surface area contributed by atoms with Crippen LogP contribution in [0.5, 0.6) is 0 Å². The standard InChI is InChI=1S/C24H34O3/c1-19-12-13-21-10-6-11-22(21)24(18-26,23(19,2)17-25)14-7-15-27-16-20-8-4-3-5-9-20/h3-5,8-9,11,21,25-26H,1,6-7,10,12-18H2,2H3/t21-,23-,24-/m1/s1. The first-order valence-corrected chi connectivity index (χ1v) is 10.3. The van der Waals surface area contributed by atoms with Gasteiger partial charge in [0.25, 0.3) is 0 Å². The van der Waals surface area contributed by atoms with Crippen LogP contribution in [0.15, 0.2) is 54.1 Å². The molecule has 0 bridgehead atoms. The summed E-state index contributed by atoms with van der Waals surface area (Å²) in [5.74, 6) is 0.521. The topological polar surface area (TPSA) is 49.7 Å². The lowest BCUT2D eigenvalue weighted by Crippen LogP contribution is -2.48. The van der Waals surface area contributed by atoms with Gasteiger partial charge in [-0.25, -0.2) is 0 Å². The van der Waals surface area contributed by atoms with E-state index in [2.05, 4.69) is 31.7 Å². The third-order valence-electron chi connectivity index (χ3n) is 7.09. The fourth-order valence-corrected chi connectivity index (χ4v) is 5.20. The van der Waals surface area contributed by atoms with Crippen molar-refractivity contribution in [3.05, 3.63) is 59.7 Å². The molecule has 0 aliphatic heterocycles. The van der Waals surface area contributed by atoms with Gasteiger partial charge in [0, 0.05) is 17.4 Å². The highest BCUT2D eigenvalue weighted by Crippen LogP contribution is 2.59. The van der Waals surface area contributed by atoms with Crippen molar-refractivity contribution >= 4 is 0 Å². The molecule has 27 heavy (non-hydrogen) atoms. The fourth-order valence-electron chi connectivity index (χ4n) is 5.20. The summed E-state index contributed by atoms with van der Waals surface area (Å²) in [6, 6.07) is 10.2. The summed E-state index contributed by atoms with van der Waals surface area (Å²) in [6.45, 7) is 7.78. The monoisotopic (exact) mass is 370 g/mol. The zero-order chi connectivity index (χ0) is 19.3. The molecule has 3 atom stereocenters. The van der Waals surface area contributed by atoms with Crippen molar-refractivity contribution in [2.24, 2.45) is 16.7 Å². The van der Waals surface area contributed by atoms with Crippen LogP contribution in [0.4, 0.5) is 0 Å². The van der Waals surface area contributed by atoms with Crippen molar-refractivity contribution in [1.29, 1.82) is 0 Å². The minimum atomic E-state index is -0.480. The maximum atomic E-state index is 10.6. The molecule has 2 aliphatic carbocycles. The number of aliphatic hydroxyl groups excluding tert-OH is 2. The predicted molar refractivity (Wildman–Crippen MR) is 109 cm³/mol. The van der Waals surface area contributed by atoms with E-state index in [-0.39, 0.29) is 13.2 Å². The average Bonchev–Trinajstić information content (AvgIpc) is 3.15. The Morgan fingerprint density at radius 2 is 1.93 bits per heavy atom. The molecule has 3 nitrogen and oxygen atoms in total. The summed E-state index contributed by atoms with van der Waals surface area (Å²) >= 11 is 0. The van der Waals surface area contributed by atoms with Gasteiger partial charge in [-0.3, -0.25) is 0 Å². The Morgan fingerprint density at radius 3 is 2.63 bits per heavy atom. The predicted octanol–water partition coefficient (Wildman–Crippen LogP) is 4.65. The number of rotatable bonds is 8.